The highest BCUT2D eigenvalue weighted by molar-refractivity contribution is 6.42. The highest BCUT2D eigenvalue weighted by Crippen LogP contribution is 2.36. The minimum atomic E-state index is 0.474. The van der Waals surface area contributed by atoms with Gasteiger partial charge in [0.05, 0.1) is 40.5 Å². The molecule has 5 nitrogen and oxygen atoms in total. The predicted molar refractivity (Wildman–Crippen MR) is 129 cm³/mol. The first kappa shape index (κ1) is 20.6. The molecule has 5 rings (SSSR count). The fraction of sp³-hybridized carbons (Fsp3) is 0.120. The van der Waals surface area contributed by atoms with Gasteiger partial charge in [-0.3, -0.25) is 4.98 Å². The first-order valence-electron chi connectivity index (χ1n) is 10.2. The summed E-state index contributed by atoms with van der Waals surface area (Å²) in [4.78, 5) is 12.2. The number of benzene rings is 3. The molecule has 160 valence electrons. The summed E-state index contributed by atoms with van der Waals surface area (Å²) in [6.45, 7) is 0.985. The third kappa shape index (κ3) is 4.22. The van der Waals surface area contributed by atoms with Gasteiger partial charge in [0.25, 0.3) is 0 Å². The molecule has 0 amide bonds. The fourth-order valence-electron chi connectivity index (χ4n) is 3.56. The summed E-state index contributed by atoms with van der Waals surface area (Å²) >= 11 is 12.0. The lowest BCUT2D eigenvalue weighted by Gasteiger charge is -2.14. The van der Waals surface area contributed by atoms with Gasteiger partial charge in [-0.05, 0) is 29.7 Å². The zero-order valence-corrected chi connectivity index (χ0v) is 18.5. The molecule has 0 aliphatic rings. The third-order valence-corrected chi connectivity index (χ3v) is 5.85. The first-order valence-corrected chi connectivity index (χ1v) is 11.0. The molecule has 32 heavy (non-hydrogen) atoms. The van der Waals surface area contributed by atoms with Crippen molar-refractivity contribution in [2.24, 2.45) is 0 Å². The molecule has 0 atom stereocenters. The average Bonchev–Trinajstić information content (AvgIpc) is 3.25. The van der Waals surface area contributed by atoms with Crippen molar-refractivity contribution in [1.29, 1.82) is 0 Å². The van der Waals surface area contributed by atoms with Gasteiger partial charge in [0.1, 0.15) is 22.8 Å². The maximum absolute atomic E-state index is 6.28. The van der Waals surface area contributed by atoms with Crippen molar-refractivity contribution in [3.8, 4) is 22.9 Å². The van der Waals surface area contributed by atoms with E-state index in [4.69, 9.17) is 37.7 Å². The lowest BCUT2D eigenvalue weighted by molar-refractivity contribution is 0.249. The quantitative estimate of drug-likeness (QED) is 0.265. The molecule has 0 aliphatic carbocycles. The molecule has 3 aromatic carbocycles. The number of fused-ring (bicyclic) bond motifs is 2. The maximum atomic E-state index is 6.28. The Balaban J connectivity index is 1.36. The van der Waals surface area contributed by atoms with Crippen molar-refractivity contribution in [3.63, 3.8) is 0 Å². The van der Waals surface area contributed by atoms with Crippen LogP contribution >= 0.6 is 23.2 Å². The zero-order chi connectivity index (χ0) is 21.9. The Kier molecular flexibility index (Phi) is 5.84. The van der Waals surface area contributed by atoms with Gasteiger partial charge in [-0.25, -0.2) is 4.98 Å². The molecule has 0 unspecified atom stereocenters. The average molecular weight is 464 g/mol. The molecule has 2 heterocycles. The molecule has 0 saturated carbocycles. The van der Waals surface area contributed by atoms with Crippen molar-refractivity contribution in [1.82, 2.24) is 15.0 Å². The summed E-state index contributed by atoms with van der Waals surface area (Å²) in [6, 6.07) is 19.4. The number of aromatic amines is 1. The monoisotopic (exact) mass is 463 g/mol. The fourth-order valence-corrected chi connectivity index (χ4v) is 3.85. The standard InChI is InChI=1S/C25H19Cl2N3O2/c26-20-9-7-17(14-21(20)27)31-12-3-13-32-24-18-5-2-1-4-16(18)6-8-19(24)25-29-22-10-11-28-15-23(22)30-25/h1-2,4-11,14-15H,3,12-13H2,(H,29,30). The van der Waals surface area contributed by atoms with E-state index in [0.29, 0.717) is 35.4 Å². The van der Waals surface area contributed by atoms with Crippen LogP contribution in [0.2, 0.25) is 10.0 Å². The van der Waals surface area contributed by atoms with Crippen LogP contribution in [0.3, 0.4) is 0 Å². The Morgan fingerprint density at radius 1 is 0.875 bits per heavy atom. The van der Waals surface area contributed by atoms with E-state index in [1.807, 2.05) is 24.3 Å². The van der Waals surface area contributed by atoms with Crippen molar-refractivity contribution in [2.75, 3.05) is 13.2 Å². The SMILES string of the molecule is Clc1ccc(OCCCOc2c(-c3nc4cnccc4[nH]3)ccc3ccccc23)cc1Cl. The lowest BCUT2D eigenvalue weighted by atomic mass is 10.0. The number of pyridine rings is 1. The number of aromatic nitrogens is 3. The molecule has 0 spiro atoms. The van der Waals surface area contributed by atoms with Gasteiger partial charge in [-0.2, -0.15) is 0 Å². The van der Waals surface area contributed by atoms with Gasteiger partial charge in [-0.1, -0.05) is 53.5 Å². The third-order valence-electron chi connectivity index (χ3n) is 5.11. The van der Waals surface area contributed by atoms with E-state index in [2.05, 4.69) is 28.2 Å². The summed E-state index contributed by atoms with van der Waals surface area (Å²) < 4.78 is 12.1. The van der Waals surface area contributed by atoms with Crippen LogP contribution in [-0.2, 0) is 0 Å². The van der Waals surface area contributed by atoms with Gasteiger partial charge in [0, 0.05) is 24.1 Å². The molecule has 5 aromatic rings. The first-order chi connectivity index (χ1) is 15.7. The molecule has 7 heteroatoms. The van der Waals surface area contributed by atoms with Crippen LogP contribution in [0.15, 0.2) is 73.1 Å². The number of rotatable bonds is 7. The molecule has 2 aromatic heterocycles. The van der Waals surface area contributed by atoms with Gasteiger partial charge in [0.2, 0.25) is 0 Å². The Morgan fingerprint density at radius 3 is 2.62 bits per heavy atom. The van der Waals surface area contributed by atoms with Crippen LogP contribution in [0.4, 0.5) is 0 Å². The molecule has 1 N–H and O–H groups in total. The smallest absolute Gasteiger partial charge is 0.142 e. The Morgan fingerprint density at radius 2 is 1.75 bits per heavy atom. The van der Waals surface area contributed by atoms with Crippen LogP contribution in [-0.4, -0.2) is 28.2 Å². The summed E-state index contributed by atoms with van der Waals surface area (Å²) in [5.41, 5.74) is 2.66. The van der Waals surface area contributed by atoms with Crippen LogP contribution in [0.5, 0.6) is 11.5 Å². The van der Waals surface area contributed by atoms with Gasteiger partial charge < -0.3 is 14.5 Å². The Hall–Kier alpha value is -3.28. The number of H-pyrrole nitrogens is 1. The van der Waals surface area contributed by atoms with E-state index in [0.717, 1.165) is 38.9 Å². The number of hydrogen-bond acceptors (Lipinski definition) is 4. The largest absolute Gasteiger partial charge is 0.493 e. The van der Waals surface area contributed by atoms with Gasteiger partial charge in [-0.15, -0.1) is 0 Å². The summed E-state index contributed by atoms with van der Waals surface area (Å²) in [7, 11) is 0. The molecule has 0 aliphatic heterocycles. The van der Waals surface area contributed by atoms with E-state index >= 15 is 0 Å². The van der Waals surface area contributed by atoms with Crippen molar-refractivity contribution in [3.05, 3.63) is 83.1 Å². The van der Waals surface area contributed by atoms with E-state index in [1.165, 1.54) is 0 Å². The van der Waals surface area contributed by atoms with Gasteiger partial charge >= 0.3 is 0 Å². The Bertz CT molecular complexity index is 1370. The topological polar surface area (TPSA) is 60.0 Å². The molecule has 0 bridgehead atoms. The lowest BCUT2D eigenvalue weighted by Crippen LogP contribution is -2.06. The van der Waals surface area contributed by atoms with E-state index in [-0.39, 0.29) is 0 Å². The number of nitrogens with zero attached hydrogens (tertiary/aromatic N) is 2. The van der Waals surface area contributed by atoms with Crippen LogP contribution in [0.25, 0.3) is 33.2 Å². The summed E-state index contributed by atoms with van der Waals surface area (Å²) in [5.74, 6) is 2.23. The van der Waals surface area contributed by atoms with E-state index < -0.39 is 0 Å². The predicted octanol–water partition coefficient (Wildman–Crippen LogP) is 6.93. The molecule has 0 radical (unpaired) electrons. The van der Waals surface area contributed by atoms with Gasteiger partial charge in [0.15, 0.2) is 0 Å². The van der Waals surface area contributed by atoms with Crippen LogP contribution in [0.1, 0.15) is 6.42 Å². The maximum Gasteiger partial charge on any atom is 0.142 e. The molecule has 0 saturated heterocycles. The number of ether oxygens (including phenoxy) is 2. The molecular weight excluding hydrogens is 445 g/mol. The summed E-state index contributed by atoms with van der Waals surface area (Å²) in [6.07, 6.45) is 4.19. The minimum Gasteiger partial charge on any atom is -0.493 e. The summed E-state index contributed by atoms with van der Waals surface area (Å²) in [5, 5.41) is 3.12. The molecule has 0 fully saturated rings. The zero-order valence-electron chi connectivity index (χ0n) is 17.0. The van der Waals surface area contributed by atoms with Crippen LogP contribution < -0.4 is 9.47 Å². The number of nitrogens with one attached hydrogen (secondary N) is 1. The van der Waals surface area contributed by atoms with Crippen molar-refractivity contribution in [2.45, 2.75) is 6.42 Å². The van der Waals surface area contributed by atoms with Crippen molar-refractivity contribution >= 4 is 45.0 Å². The van der Waals surface area contributed by atoms with Crippen molar-refractivity contribution < 1.29 is 9.47 Å². The highest BCUT2D eigenvalue weighted by atomic mass is 35.5. The normalized spacial score (nSPS) is 11.2. The van der Waals surface area contributed by atoms with E-state index in [9.17, 15) is 0 Å². The number of imidazole rings is 1. The second kappa shape index (κ2) is 9.07. The Labute approximate surface area is 194 Å². The van der Waals surface area contributed by atoms with E-state index in [1.54, 1.807) is 30.6 Å². The van der Waals surface area contributed by atoms with Crippen LogP contribution in [0, 0.1) is 0 Å². The number of hydrogen-bond donors (Lipinski definition) is 1. The minimum absolute atomic E-state index is 0.474. The second-order valence-electron chi connectivity index (χ2n) is 7.27. The second-order valence-corrected chi connectivity index (χ2v) is 8.08. The highest BCUT2D eigenvalue weighted by Gasteiger charge is 2.14. The number of halogens is 2. The molecular formula is C25H19Cl2N3O2.